The molecule has 0 fully saturated rings. The van der Waals surface area contributed by atoms with Gasteiger partial charge in [-0.2, -0.15) is 0 Å². The zero-order valence-corrected chi connectivity index (χ0v) is 16.4. The molecule has 1 aliphatic heterocycles. The van der Waals surface area contributed by atoms with Gasteiger partial charge in [-0.05, 0) is 43.4 Å². The Hall–Kier alpha value is -2.35. The Balaban J connectivity index is 2.02. The predicted molar refractivity (Wildman–Crippen MR) is 107 cm³/mol. The van der Waals surface area contributed by atoms with Gasteiger partial charge in [-0.1, -0.05) is 26.0 Å². The van der Waals surface area contributed by atoms with Crippen LogP contribution in [0.4, 0.5) is 5.69 Å². The fourth-order valence-corrected chi connectivity index (χ4v) is 2.96. The van der Waals surface area contributed by atoms with Crippen molar-refractivity contribution in [3.8, 4) is 5.75 Å². The van der Waals surface area contributed by atoms with E-state index in [1.165, 1.54) is 0 Å². The number of hydrogen-bond donors (Lipinski definition) is 3. The molecule has 1 aromatic rings. The van der Waals surface area contributed by atoms with Crippen LogP contribution in [0.25, 0.3) is 0 Å². The smallest absolute Gasteiger partial charge is 0.269 e. The number of para-hydroxylation sites is 1. The number of anilines is 1. The second kappa shape index (κ2) is 9.38. The van der Waals surface area contributed by atoms with E-state index in [0.717, 1.165) is 24.2 Å². The minimum absolute atomic E-state index is 0.124. The van der Waals surface area contributed by atoms with E-state index in [0.29, 0.717) is 29.8 Å². The number of amidine groups is 2. The van der Waals surface area contributed by atoms with Gasteiger partial charge in [0.2, 0.25) is 0 Å². The zero-order valence-electron chi connectivity index (χ0n) is 15.6. The SMILES string of the molecule is CO/C(=C\CCC(C)C)CNC1=NS(=O)N=C1Nc1cccc(C)c1O. The molecule has 142 valence electrons. The van der Waals surface area contributed by atoms with Gasteiger partial charge in [-0.15, -0.1) is 8.80 Å². The second-order valence-corrected chi connectivity index (χ2v) is 7.23. The summed E-state index contributed by atoms with van der Waals surface area (Å²) in [5.41, 5.74) is 1.22. The molecule has 8 heteroatoms. The van der Waals surface area contributed by atoms with Crippen LogP contribution in [0.15, 0.2) is 38.8 Å². The number of hydrogen-bond acceptors (Lipinski definition) is 5. The van der Waals surface area contributed by atoms with Crippen LogP contribution in [0.5, 0.6) is 5.75 Å². The summed E-state index contributed by atoms with van der Waals surface area (Å²) >= 11 is -1.69. The summed E-state index contributed by atoms with van der Waals surface area (Å²) in [6, 6.07) is 5.33. The first-order chi connectivity index (χ1) is 12.4. The van der Waals surface area contributed by atoms with E-state index < -0.39 is 11.2 Å². The van der Waals surface area contributed by atoms with E-state index in [1.807, 2.05) is 12.1 Å². The molecule has 1 atom stereocenters. The highest BCUT2D eigenvalue weighted by Gasteiger charge is 2.20. The van der Waals surface area contributed by atoms with E-state index >= 15 is 0 Å². The maximum Gasteiger partial charge on any atom is 0.269 e. The number of phenols is 1. The molecule has 7 nitrogen and oxygen atoms in total. The molecule has 0 amide bonds. The number of benzene rings is 1. The van der Waals surface area contributed by atoms with Crippen LogP contribution in [0, 0.1) is 12.8 Å². The Morgan fingerprint density at radius 1 is 1.35 bits per heavy atom. The number of nitrogens with one attached hydrogen (secondary N) is 2. The highest BCUT2D eigenvalue weighted by atomic mass is 32.2. The summed E-state index contributed by atoms with van der Waals surface area (Å²) in [6.45, 7) is 6.56. The third kappa shape index (κ3) is 5.59. The molecular formula is C18H26N4O3S. The molecule has 1 heterocycles. The molecule has 26 heavy (non-hydrogen) atoms. The Morgan fingerprint density at radius 2 is 2.08 bits per heavy atom. The van der Waals surface area contributed by atoms with Crippen molar-refractivity contribution in [3.05, 3.63) is 35.6 Å². The minimum atomic E-state index is -1.69. The monoisotopic (exact) mass is 378 g/mol. The van der Waals surface area contributed by atoms with Gasteiger partial charge in [0.1, 0.15) is 11.5 Å². The minimum Gasteiger partial charge on any atom is -0.505 e. The molecule has 3 N–H and O–H groups in total. The lowest BCUT2D eigenvalue weighted by atomic mass is 10.1. The normalized spacial score (nSPS) is 17.1. The maximum absolute atomic E-state index is 11.7. The molecule has 0 saturated carbocycles. The van der Waals surface area contributed by atoms with Crippen LogP contribution in [0.3, 0.4) is 0 Å². The molecule has 0 spiro atoms. The summed E-state index contributed by atoms with van der Waals surface area (Å²) in [6.07, 6.45) is 4.05. The standard InChI is InChI=1S/C18H26N4O3S/c1-12(2)7-5-9-14(25-4)11-19-17-18(22-26(24)21-17)20-15-10-6-8-13(3)16(15)23/h6,8-10,12,23H,5,7,11H2,1-4H3,(H,19,21)(H,20,22)/b14-9-. The van der Waals surface area contributed by atoms with E-state index in [-0.39, 0.29) is 5.75 Å². The average molecular weight is 378 g/mol. The third-order valence-corrected chi connectivity index (χ3v) is 4.54. The van der Waals surface area contributed by atoms with Gasteiger partial charge in [0.15, 0.2) is 11.7 Å². The predicted octanol–water partition coefficient (Wildman–Crippen LogP) is 3.06. The number of phenolic OH excluding ortho intramolecular Hbond substituents is 1. The molecule has 1 unspecified atom stereocenters. The maximum atomic E-state index is 11.7. The van der Waals surface area contributed by atoms with Gasteiger partial charge < -0.3 is 20.5 Å². The van der Waals surface area contributed by atoms with Crippen molar-refractivity contribution in [1.29, 1.82) is 0 Å². The zero-order chi connectivity index (χ0) is 19.1. The van der Waals surface area contributed by atoms with Crippen molar-refractivity contribution in [1.82, 2.24) is 5.32 Å². The Bertz CT molecular complexity index is 757. The largest absolute Gasteiger partial charge is 0.505 e. The van der Waals surface area contributed by atoms with Crippen molar-refractivity contribution in [2.45, 2.75) is 33.6 Å². The number of aromatic hydroxyl groups is 1. The number of allylic oxidation sites excluding steroid dienone is 1. The van der Waals surface area contributed by atoms with E-state index in [1.54, 1.807) is 26.2 Å². The van der Waals surface area contributed by atoms with Gasteiger partial charge in [-0.25, -0.2) is 4.21 Å². The van der Waals surface area contributed by atoms with Crippen LogP contribution < -0.4 is 10.6 Å². The number of aryl methyl sites for hydroxylation is 1. The first-order valence-electron chi connectivity index (χ1n) is 8.53. The molecular weight excluding hydrogens is 352 g/mol. The number of nitrogens with zero attached hydrogens (tertiary/aromatic N) is 2. The topological polar surface area (TPSA) is 95.3 Å². The van der Waals surface area contributed by atoms with Crippen LogP contribution in [-0.4, -0.2) is 34.6 Å². The second-order valence-electron chi connectivity index (χ2n) is 6.41. The van der Waals surface area contributed by atoms with Crippen molar-refractivity contribution in [3.63, 3.8) is 0 Å². The Kier molecular flexibility index (Phi) is 7.20. The number of methoxy groups -OCH3 is 1. The first kappa shape index (κ1) is 20.0. The number of rotatable bonds is 7. The lowest BCUT2D eigenvalue weighted by molar-refractivity contribution is 0.281. The van der Waals surface area contributed by atoms with Gasteiger partial charge in [-0.3, -0.25) is 0 Å². The van der Waals surface area contributed by atoms with Crippen molar-refractivity contribution in [2.24, 2.45) is 14.7 Å². The van der Waals surface area contributed by atoms with Crippen molar-refractivity contribution in [2.75, 3.05) is 19.0 Å². The van der Waals surface area contributed by atoms with E-state index in [9.17, 15) is 9.32 Å². The van der Waals surface area contributed by atoms with Gasteiger partial charge in [0.25, 0.3) is 11.2 Å². The van der Waals surface area contributed by atoms with Crippen molar-refractivity contribution < 1.29 is 14.1 Å². The van der Waals surface area contributed by atoms with E-state index in [4.69, 9.17) is 4.74 Å². The Morgan fingerprint density at radius 3 is 2.77 bits per heavy atom. The van der Waals surface area contributed by atoms with Crippen LogP contribution in [-0.2, 0) is 15.9 Å². The van der Waals surface area contributed by atoms with Gasteiger partial charge >= 0.3 is 0 Å². The van der Waals surface area contributed by atoms with Gasteiger partial charge in [0, 0.05) is 0 Å². The summed E-state index contributed by atoms with van der Waals surface area (Å²) in [5, 5.41) is 16.2. The lowest BCUT2D eigenvalue weighted by Crippen LogP contribution is -2.35. The fourth-order valence-electron chi connectivity index (χ4n) is 2.32. The number of ether oxygens (including phenoxy) is 1. The highest BCUT2D eigenvalue weighted by Crippen LogP contribution is 2.27. The summed E-state index contributed by atoms with van der Waals surface area (Å²) in [4.78, 5) is 0. The molecule has 0 aliphatic carbocycles. The fraction of sp³-hybridized carbons (Fsp3) is 0.444. The van der Waals surface area contributed by atoms with Gasteiger partial charge in [0.05, 0.1) is 19.3 Å². The summed E-state index contributed by atoms with van der Waals surface area (Å²) in [7, 11) is 1.62. The molecule has 1 aromatic carbocycles. The van der Waals surface area contributed by atoms with Crippen LogP contribution >= 0.6 is 0 Å². The Labute approximate surface area is 157 Å². The molecule has 2 rings (SSSR count). The molecule has 0 radical (unpaired) electrons. The molecule has 0 bridgehead atoms. The van der Waals surface area contributed by atoms with Crippen LogP contribution in [0.1, 0.15) is 32.3 Å². The first-order valence-corrected chi connectivity index (χ1v) is 9.59. The van der Waals surface area contributed by atoms with E-state index in [2.05, 4.69) is 33.3 Å². The molecule has 0 aromatic heterocycles. The highest BCUT2D eigenvalue weighted by molar-refractivity contribution is 7.83. The van der Waals surface area contributed by atoms with Crippen LogP contribution in [0.2, 0.25) is 0 Å². The van der Waals surface area contributed by atoms with Crippen molar-refractivity contribution >= 4 is 28.5 Å². The lowest BCUT2D eigenvalue weighted by Gasteiger charge is -2.13. The third-order valence-electron chi connectivity index (χ3n) is 3.86. The quantitative estimate of drug-likeness (QED) is 0.501. The average Bonchev–Trinajstić information content (AvgIpc) is 2.94. The summed E-state index contributed by atoms with van der Waals surface area (Å²) < 4.78 is 25.0. The molecule has 0 saturated heterocycles. The summed E-state index contributed by atoms with van der Waals surface area (Å²) in [5.74, 6) is 2.23. The molecule has 1 aliphatic rings.